The molecule has 1 N–H and O–H groups in total. The quantitative estimate of drug-likeness (QED) is 0.772. The highest BCUT2D eigenvalue weighted by molar-refractivity contribution is 7.08. The predicted molar refractivity (Wildman–Crippen MR) is 55.0 cm³/mol. The summed E-state index contributed by atoms with van der Waals surface area (Å²) in [5.74, 6) is 0. The fraction of sp³-hybridized carbons (Fsp3) is 0.444. The second-order valence-corrected chi connectivity index (χ2v) is 3.88. The lowest BCUT2D eigenvalue weighted by Crippen LogP contribution is -2.33. The molecule has 0 aliphatic carbocycles. The number of carbonyl (C=O) groups is 1. The summed E-state index contributed by atoms with van der Waals surface area (Å²) in [6.45, 7) is 2.67. The molecule has 0 bridgehead atoms. The Balaban J connectivity index is 2.44. The van der Waals surface area contributed by atoms with Gasteiger partial charge in [-0.1, -0.05) is 0 Å². The molecule has 0 radical (unpaired) electrons. The fourth-order valence-electron chi connectivity index (χ4n) is 0.897. The Hall–Kier alpha value is -1.03. The average molecular weight is 198 g/mol. The molecular formula is C9H14N2OS. The van der Waals surface area contributed by atoms with E-state index in [1.54, 1.807) is 25.4 Å². The van der Waals surface area contributed by atoms with Crippen molar-refractivity contribution >= 4 is 17.4 Å². The molecule has 1 heterocycles. The molecule has 1 rings (SSSR count). The molecule has 0 aliphatic heterocycles. The van der Waals surface area contributed by atoms with Gasteiger partial charge >= 0.3 is 6.03 Å². The molecule has 1 aromatic rings. The van der Waals surface area contributed by atoms with E-state index in [0.29, 0.717) is 6.54 Å². The maximum Gasteiger partial charge on any atom is 0.317 e. The van der Waals surface area contributed by atoms with Crippen LogP contribution in [0, 0.1) is 6.92 Å². The van der Waals surface area contributed by atoms with Crippen LogP contribution >= 0.6 is 11.3 Å². The van der Waals surface area contributed by atoms with Crippen molar-refractivity contribution in [3.63, 3.8) is 0 Å². The first-order valence-electron chi connectivity index (χ1n) is 4.08. The third-order valence-corrected chi connectivity index (χ3v) is 2.71. The minimum atomic E-state index is -0.0504. The third-order valence-electron chi connectivity index (χ3n) is 1.80. The van der Waals surface area contributed by atoms with Crippen molar-refractivity contribution in [1.82, 2.24) is 10.2 Å². The summed E-state index contributed by atoms with van der Waals surface area (Å²) in [6, 6.07) is -0.0504. The van der Waals surface area contributed by atoms with E-state index in [2.05, 4.69) is 16.1 Å². The molecule has 0 atom stereocenters. The van der Waals surface area contributed by atoms with Crippen molar-refractivity contribution < 1.29 is 4.79 Å². The van der Waals surface area contributed by atoms with Crippen molar-refractivity contribution in [2.75, 3.05) is 14.1 Å². The summed E-state index contributed by atoms with van der Waals surface area (Å²) >= 11 is 1.66. The number of hydrogen-bond acceptors (Lipinski definition) is 2. The van der Waals surface area contributed by atoms with Crippen molar-refractivity contribution in [2.45, 2.75) is 13.5 Å². The molecular weight excluding hydrogens is 184 g/mol. The van der Waals surface area contributed by atoms with Crippen LogP contribution in [0.25, 0.3) is 0 Å². The Bertz CT molecular complexity index is 294. The van der Waals surface area contributed by atoms with E-state index in [1.165, 1.54) is 16.0 Å². The molecule has 2 amide bonds. The van der Waals surface area contributed by atoms with Crippen molar-refractivity contribution in [1.29, 1.82) is 0 Å². The first-order valence-corrected chi connectivity index (χ1v) is 5.02. The maximum atomic E-state index is 11.2. The molecule has 0 aliphatic rings. The number of thiophene rings is 1. The topological polar surface area (TPSA) is 32.3 Å². The molecule has 0 unspecified atom stereocenters. The van der Waals surface area contributed by atoms with Gasteiger partial charge in [0.15, 0.2) is 0 Å². The zero-order chi connectivity index (χ0) is 9.84. The van der Waals surface area contributed by atoms with E-state index >= 15 is 0 Å². The first kappa shape index (κ1) is 10.1. The highest BCUT2D eigenvalue weighted by Crippen LogP contribution is 2.12. The number of nitrogens with zero attached hydrogens (tertiary/aromatic N) is 1. The number of amides is 2. The molecule has 0 saturated carbocycles. The summed E-state index contributed by atoms with van der Waals surface area (Å²) in [5, 5.41) is 6.96. The summed E-state index contributed by atoms with van der Waals surface area (Å²) in [6.07, 6.45) is 0. The Morgan fingerprint density at radius 2 is 2.23 bits per heavy atom. The van der Waals surface area contributed by atoms with Crippen LogP contribution in [-0.2, 0) is 6.54 Å². The Labute approximate surface area is 82.4 Å². The largest absolute Gasteiger partial charge is 0.334 e. The fourth-order valence-corrected chi connectivity index (χ4v) is 1.75. The van der Waals surface area contributed by atoms with Gasteiger partial charge in [-0.25, -0.2) is 4.79 Å². The van der Waals surface area contributed by atoms with Gasteiger partial charge in [0.2, 0.25) is 0 Å². The van der Waals surface area contributed by atoms with Gasteiger partial charge in [-0.05, 0) is 28.8 Å². The number of urea groups is 1. The molecule has 4 heteroatoms. The van der Waals surface area contributed by atoms with Crippen molar-refractivity contribution in [2.24, 2.45) is 0 Å². The molecule has 13 heavy (non-hydrogen) atoms. The minimum Gasteiger partial charge on any atom is -0.334 e. The van der Waals surface area contributed by atoms with Gasteiger partial charge in [0.05, 0.1) is 0 Å². The SMILES string of the molecule is Cc1cscc1CNC(=O)N(C)C. The zero-order valence-electron chi connectivity index (χ0n) is 8.13. The van der Waals surface area contributed by atoms with Crippen LogP contribution in [0.3, 0.4) is 0 Å². The predicted octanol–water partition coefficient (Wildman–Crippen LogP) is 1.83. The summed E-state index contributed by atoms with van der Waals surface area (Å²) in [7, 11) is 3.46. The highest BCUT2D eigenvalue weighted by atomic mass is 32.1. The smallest absolute Gasteiger partial charge is 0.317 e. The van der Waals surface area contributed by atoms with E-state index in [1.807, 2.05) is 6.92 Å². The molecule has 72 valence electrons. The van der Waals surface area contributed by atoms with Crippen LogP contribution in [0.4, 0.5) is 4.79 Å². The number of nitrogens with one attached hydrogen (secondary N) is 1. The van der Waals surface area contributed by atoms with Crippen LogP contribution in [-0.4, -0.2) is 25.0 Å². The van der Waals surface area contributed by atoms with Crippen LogP contribution in [0.1, 0.15) is 11.1 Å². The average Bonchev–Trinajstić information content (AvgIpc) is 2.47. The lowest BCUT2D eigenvalue weighted by Gasteiger charge is -2.11. The van der Waals surface area contributed by atoms with Crippen LogP contribution in [0.15, 0.2) is 10.8 Å². The highest BCUT2D eigenvalue weighted by Gasteiger charge is 2.04. The number of rotatable bonds is 2. The van der Waals surface area contributed by atoms with E-state index in [9.17, 15) is 4.79 Å². The maximum absolute atomic E-state index is 11.2. The third kappa shape index (κ3) is 2.73. The number of hydrogen-bond donors (Lipinski definition) is 1. The summed E-state index contributed by atoms with van der Waals surface area (Å²) < 4.78 is 0. The molecule has 0 spiro atoms. The second kappa shape index (κ2) is 4.28. The molecule has 0 aromatic carbocycles. The Morgan fingerprint density at radius 3 is 2.69 bits per heavy atom. The first-order chi connectivity index (χ1) is 6.11. The zero-order valence-corrected chi connectivity index (χ0v) is 8.94. The number of carbonyl (C=O) groups excluding carboxylic acids is 1. The Morgan fingerprint density at radius 1 is 1.54 bits per heavy atom. The van der Waals surface area contributed by atoms with Crippen LogP contribution < -0.4 is 5.32 Å². The van der Waals surface area contributed by atoms with Gasteiger partial charge in [-0.3, -0.25) is 0 Å². The van der Waals surface area contributed by atoms with E-state index in [0.717, 1.165) is 0 Å². The van der Waals surface area contributed by atoms with Gasteiger partial charge in [-0.2, -0.15) is 11.3 Å². The van der Waals surface area contributed by atoms with Gasteiger partial charge in [0.1, 0.15) is 0 Å². The van der Waals surface area contributed by atoms with Gasteiger partial charge in [0, 0.05) is 20.6 Å². The van der Waals surface area contributed by atoms with Crippen molar-refractivity contribution in [3.8, 4) is 0 Å². The van der Waals surface area contributed by atoms with Crippen LogP contribution in [0.5, 0.6) is 0 Å². The van der Waals surface area contributed by atoms with E-state index in [4.69, 9.17) is 0 Å². The lowest BCUT2D eigenvalue weighted by molar-refractivity contribution is 0.217. The standard InChI is InChI=1S/C9H14N2OS/c1-7-5-13-6-8(7)4-10-9(12)11(2)3/h5-6H,4H2,1-3H3,(H,10,12). The van der Waals surface area contributed by atoms with Crippen LogP contribution in [0.2, 0.25) is 0 Å². The van der Waals surface area contributed by atoms with Gasteiger partial charge in [0.25, 0.3) is 0 Å². The van der Waals surface area contributed by atoms with E-state index in [-0.39, 0.29) is 6.03 Å². The van der Waals surface area contributed by atoms with Gasteiger partial charge < -0.3 is 10.2 Å². The van der Waals surface area contributed by atoms with E-state index < -0.39 is 0 Å². The minimum absolute atomic E-state index is 0.0504. The van der Waals surface area contributed by atoms with Gasteiger partial charge in [-0.15, -0.1) is 0 Å². The molecule has 1 aromatic heterocycles. The molecule has 0 fully saturated rings. The molecule has 0 saturated heterocycles. The summed E-state index contributed by atoms with van der Waals surface area (Å²) in [5.41, 5.74) is 2.43. The lowest BCUT2D eigenvalue weighted by atomic mass is 10.2. The van der Waals surface area contributed by atoms with Crippen molar-refractivity contribution in [3.05, 3.63) is 21.9 Å². The summed E-state index contributed by atoms with van der Waals surface area (Å²) in [4.78, 5) is 12.7. The molecule has 3 nitrogen and oxygen atoms in total. The number of aryl methyl sites for hydroxylation is 1. The Kier molecular flexibility index (Phi) is 3.31. The second-order valence-electron chi connectivity index (χ2n) is 3.13. The normalized spacial score (nSPS) is 9.77. The monoisotopic (exact) mass is 198 g/mol.